The molecule has 0 bridgehead atoms. The fourth-order valence-electron chi connectivity index (χ4n) is 4.97. The molecule has 1 atom stereocenters. The van der Waals surface area contributed by atoms with Gasteiger partial charge in [-0.05, 0) is 41.0 Å². The molecule has 0 aromatic heterocycles. The van der Waals surface area contributed by atoms with Crippen molar-refractivity contribution in [2.24, 2.45) is 0 Å². The van der Waals surface area contributed by atoms with Gasteiger partial charge in [-0.1, -0.05) is 42.5 Å². The number of anilines is 1. The fraction of sp³-hybridized carbons (Fsp3) is 0.250. The van der Waals surface area contributed by atoms with Gasteiger partial charge in [0.05, 0.1) is 42.0 Å². The number of amides is 2. The van der Waals surface area contributed by atoms with E-state index in [-0.39, 0.29) is 29.7 Å². The number of methoxy groups -OCH3 is 2. The summed E-state index contributed by atoms with van der Waals surface area (Å²) in [5, 5.41) is 15.7. The van der Waals surface area contributed by atoms with E-state index in [4.69, 9.17) is 9.47 Å². The van der Waals surface area contributed by atoms with Crippen molar-refractivity contribution in [3.8, 4) is 11.5 Å². The Bertz CT molecular complexity index is 1790. The van der Waals surface area contributed by atoms with E-state index < -0.39 is 63.9 Å². The van der Waals surface area contributed by atoms with Crippen LogP contribution in [-0.2, 0) is 23.6 Å². The summed E-state index contributed by atoms with van der Waals surface area (Å²) in [7, 11) is 3.56. The van der Waals surface area contributed by atoms with Gasteiger partial charge < -0.3 is 19.7 Å². The zero-order valence-electron chi connectivity index (χ0n) is 25.0. The summed E-state index contributed by atoms with van der Waals surface area (Å²) >= 11 is 0. The first kappa shape index (κ1) is 34.5. The third kappa shape index (κ3) is 8.09. The van der Waals surface area contributed by atoms with Crippen molar-refractivity contribution in [3.05, 3.63) is 105 Å². The van der Waals surface area contributed by atoms with E-state index in [0.717, 1.165) is 27.8 Å². The molecule has 0 saturated carbocycles. The zero-order valence-corrected chi connectivity index (χ0v) is 25.0. The van der Waals surface area contributed by atoms with Crippen molar-refractivity contribution in [1.82, 2.24) is 4.90 Å². The molecule has 0 spiro atoms. The Hall–Kier alpha value is -5.34. The van der Waals surface area contributed by atoms with Gasteiger partial charge in [-0.25, -0.2) is 0 Å². The fourth-order valence-corrected chi connectivity index (χ4v) is 4.97. The summed E-state index contributed by atoms with van der Waals surface area (Å²) in [4.78, 5) is 38.5. The topological polar surface area (TPSA) is 111 Å². The van der Waals surface area contributed by atoms with Gasteiger partial charge in [0.15, 0.2) is 5.75 Å². The van der Waals surface area contributed by atoms with Crippen molar-refractivity contribution < 1.29 is 50.3 Å². The molecule has 4 aromatic carbocycles. The SMILES string of the molecule is COc1cc([N+](=O)[O-])c(OC)cc1NC(=O)CC(Cc1ccc2ccccc2c1)N(C)C(=O)c1cc(C(F)(F)F)cc(C(F)(F)F)c1. The van der Waals surface area contributed by atoms with Crippen molar-refractivity contribution in [2.45, 2.75) is 31.2 Å². The third-order valence-corrected chi connectivity index (χ3v) is 7.38. The van der Waals surface area contributed by atoms with Crippen LogP contribution in [0.4, 0.5) is 37.7 Å². The van der Waals surface area contributed by atoms with E-state index in [1.165, 1.54) is 21.3 Å². The van der Waals surface area contributed by atoms with Crippen molar-refractivity contribution in [1.29, 1.82) is 0 Å². The smallest absolute Gasteiger partial charge is 0.416 e. The molecule has 15 heteroatoms. The number of carbonyl (C=O) groups is 2. The molecule has 0 aliphatic carbocycles. The van der Waals surface area contributed by atoms with E-state index in [1.54, 1.807) is 24.3 Å². The Morgan fingerprint density at radius 2 is 1.45 bits per heavy atom. The quantitative estimate of drug-likeness (QED) is 0.107. The molecule has 1 N–H and O–H groups in total. The molecule has 2 amide bonds. The maximum atomic E-state index is 13.5. The van der Waals surface area contributed by atoms with Gasteiger partial charge in [0.2, 0.25) is 5.91 Å². The van der Waals surface area contributed by atoms with E-state index in [2.05, 4.69) is 5.32 Å². The van der Waals surface area contributed by atoms with Gasteiger partial charge in [0, 0.05) is 31.1 Å². The first-order chi connectivity index (χ1) is 22.0. The van der Waals surface area contributed by atoms with E-state index >= 15 is 0 Å². The van der Waals surface area contributed by atoms with Crippen molar-refractivity contribution in [2.75, 3.05) is 26.6 Å². The normalized spacial score (nSPS) is 12.4. The molecule has 0 heterocycles. The maximum absolute atomic E-state index is 13.5. The van der Waals surface area contributed by atoms with Crippen LogP contribution in [0.1, 0.15) is 33.5 Å². The van der Waals surface area contributed by atoms with Crippen LogP contribution in [0.3, 0.4) is 0 Å². The first-order valence-electron chi connectivity index (χ1n) is 13.8. The van der Waals surface area contributed by atoms with Crippen LogP contribution in [0.15, 0.2) is 72.8 Å². The number of nitro groups is 1. The number of alkyl halides is 6. The van der Waals surface area contributed by atoms with E-state index in [0.29, 0.717) is 17.7 Å². The Kier molecular flexibility index (Phi) is 9.97. The van der Waals surface area contributed by atoms with Crippen molar-refractivity contribution >= 4 is 34.0 Å². The lowest BCUT2D eigenvalue weighted by molar-refractivity contribution is -0.385. The largest absolute Gasteiger partial charge is 0.494 e. The second-order valence-corrected chi connectivity index (χ2v) is 10.5. The monoisotopic (exact) mass is 663 g/mol. The number of nitrogens with one attached hydrogen (secondary N) is 1. The number of fused-ring (bicyclic) bond motifs is 1. The number of ether oxygens (including phenoxy) is 2. The molecule has 248 valence electrons. The minimum atomic E-state index is -5.18. The zero-order chi connectivity index (χ0) is 34.7. The average molecular weight is 664 g/mol. The Morgan fingerprint density at radius 3 is 2.00 bits per heavy atom. The highest BCUT2D eigenvalue weighted by Gasteiger charge is 2.38. The number of rotatable bonds is 10. The van der Waals surface area contributed by atoms with Crippen molar-refractivity contribution in [3.63, 3.8) is 0 Å². The number of halogens is 6. The highest BCUT2D eigenvalue weighted by molar-refractivity contribution is 5.97. The van der Waals surface area contributed by atoms with Gasteiger partial charge in [-0.15, -0.1) is 0 Å². The van der Waals surface area contributed by atoms with Crippen LogP contribution < -0.4 is 14.8 Å². The summed E-state index contributed by atoms with van der Waals surface area (Å²) < 4.78 is 91.4. The summed E-state index contributed by atoms with van der Waals surface area (Å²) in [6.45, 7) is 0. The molecule has 0 aliphatic rings. The Morgan fingerprint density at radius 1 is 0.851 bits per heavy atom. The highest BCUT2D eigenvalue weighted by Crippen LogP contribution is 2.39. The molecule has 0 saturated heterocycles. The standard InChI is InChI=1S/C32H27F6N3O6/c1-40(30(43)21-12-22(31(33,34)35)14-23(13-21)32(36,37)38)24(11-18-8-9-19-6-4-5-7-20(19)10-18)15-29(42)39-25-16-28(47-3)26(41(44)45)17-27(25)46-2/h4-10,12-14,16-17,24H,11,15H2,1-3H3,(H,39,42). The van der Waals surface area contributed by atoms with Gasteiger partial charge in [-0.2, -0.15) is 26.3 Å². The number of carbonyl (C=O) groups excluding carboxylic acids is 2. The number of nitrogens with zero attached hydrogens (tertiary/aromatic N) is 2. The van der Waals surface area contributed by atoms with E-state index in [9.17, 15) is 46.0 Å². The third-order valence-electron chi connectivity index (χ3n) is 7.38. The molecule has 0 aliphatic heterocycles. The highest BCUT2D eigenvalue weighted by atomic mass is 19.4. The minimum absolute atomic E-state index is 0.0215. The Balaban J connectivity index is 1.71. The summed E-state index contributed by atoms with van der Waals surface area (Å²) in [5.74, 6) is -2.22. The second-order valence-electron chi connectivity index (χ2n) is 10.5. The van der Waals surface area contributed by atoms with E-state index in [1.807, 2.05) is 18.2 Å². The van der Waals surface area contributed by atoms with Crippen LogP contribution in [0, 0.1) is 10.1 Å². The lowest BCUT2D eigenvalue weighted by Crippen LogP contribution is -2.41. The maximum Gasteiger partial charge on any atom is 0.416 e. The molecule has 9 nitrogen and oxygen atoms in total. The number of likely N-dealkylation sites (N-methyl/N-ethyl adjacent to an activating group) is 1. The van der Waals surface area contributed by atoms with Gasteiger partial charge >= 0.3 is 18.0 Å². The molecule has 47 heavy (non-hydrogen) atoms. The second kappa shape index (κ2) is 13.6. The van der Waals surface area contributed by atoms with Crippen LogP contribution in [-0.4, -0.2) is 48.9 Å². The van der Waals surface area contributed by atoms with Crippen LogP contribution in [0.25, 0.3) is 10.8 Å². The predicted octanol–water partition coefficient (Wildman–Crippen LogP) is 7.51. The van der Waals surface area contributed by atoms with Gasteiger partial charge in [0.25, 0.3) is 5.91 Å². The predicted molar refractivity (Wildman–Crippen MR) is 159 cm³/mol. The Labute approximate surface area is 263 Å². The van der Waals surface area contributed by atoms with Crippen LogP contribution in [0.2, 0.25) is 0 Å². The number of hydrogen-bond donors (Lipinski definition) is 1. The molecular formula is C32H27F6N3O6. The number of nitro benzene ring substituents is 1. The summed E-state index contributed by atoms with van der Waals surface area (Å²) in [5.41, 5.74) is -4.04. The first-order valence-corrected chi connectivity index (χ1v) is 13.8. The summed E-state index contributed by atoms with van der Waals surface area (Å²) in [6.07, 6.45) is -10.9. The minimum Gasteiger partial charge on any atom is -0.494 e. The van der Waals surface area contributed by atoms with Gasteiger partial charge in [0.1, 0.15) is 5.75 Å². The number of hydrogen-bond acceptors (Lipinski definition) is 6. The number of benzene rings is 4. The summed E-state index contributed by atoms with van der Waals surface area (Å²) in [6, 6.07) is 14.3. The lowest BCUT2D eigenvalue weighted by atomic mass is 9.97. The van der Waals surface area contributed by atoms with Crippen LogP contribution >= 0.6 is 0 Å². The average Bonchev–Trinajstić information content (AvgIpc) is 3.02. The molecular weight excluding hydrogens is 636 g/mol. The molecule has 4 aromatic rings. The van der Waals surface area contributed by atoms with Crippen LogP contribution in [0.5, 0.6) is 11.5 Å². The molecule has 4 rings (SSSR count). The molecule has 1 unspecified atom stereocenters. The lowest BCUT2D eigenvalue weighted by Gasteiger charge is -2.29. The molecule has 0 fully saturated rings. The van der Waals surface area contributed by atoms with Gasteiger partial charge in [-0.3, -0.25) is 19.7 Å². The molecule has 0 radical (unpaired) electrons.